The molecule has 2 amide bonds. The van der Waals surface area contributed by atoms with Crippen molar-refractivity contribution in [2.24, 2.45) is 0 Å². The summed E-state index contributed by atoms with van der Waals surface area (Å²) in [7, 11) is 1.53. The molecule has 0 radical (unpaired) electrons. The molecule has 0 saturated heterocycles. The number of nitrogens with one attached hydrogen (secondary N) is 2. The molecule has 6 heteroatoms. The van der Waals surface area contributed by atoms with Crippen LogP contribution < -0.4 is 10.6 Å². The van der Waals surface area contributed by atoms with E-state index in [1.54, 1.807) is 18.4 Å². The van der Waals surface area contributed by atoms with Crippen molar-refractivity contribution in [2.45, 2.75) is 6.10 Å². The Bertz CT molecular complexity index is 540. The second kappa shape index (κ2) is 6.72. The number of urea groups is 1. The van der Waals surface area contributed by atoms with Crippen LogP contribution in [0.1, 0.15) is 11.9 Å². The molecule has 1 heterocycles. The SMILES string of the molecule is COC(CNC(=O)Nc1ccc(F)cc1)c1ccco1. The van der Waals surface area contributed by atoms with Crippen molar-refractivity contribution in [3.05, 3.63) is 54.2 Å². The summed E-state index contributed by atoms with van der Waals surface area (Å²) >= 11 is 0. The third-order valence-corrected chi connectivity index (χ3v) is 2.70. The Morgan fingerprint density at radius 3 is 2.70 bits per heavy atom. The molecular weight excluding hydrogens is 263 g/mol. The molecule has 0 spiro atoms. The van der Waals surface area contributed by atoms with Gasteiger partial charge in [-0.3, -0.25) is 0 Å². The number of carbonyl (C=O) groups excluding carboxylic acids is 1. The number of ether oxygens (including phenoxy) is 1. The lowest BCUT2D eigenvalue weighted by Gasteiger charge is -2.14. The smallest absolute Gasteiger partial charge is 0.319 e. The summed E-state index contributed by atoms with van der Waals surface area (Å²) in [6.45, 7) is 0.261. The van der Waals surface area contributed by atoms with Gasteiger partial charge in [0.1, 0.15) is 17.7 Å². The highest BCUT2D eigenvalue weighted by molar-refractivity contribution is 5.89. The van der Waals surface area contributed by atoms with Gasteiger partial charge in [0.25, 0.3) is 0 Å². The van der Waals surface area contributed by atoms with Crippen molar-refractivity contribution in [3.8, 4) is 0 Å². The summed E-state index contributed by atoms with van der Waals surface area (Å²) in [4.78, 5) is 11.7. The molecule has 2 N–H and O–H groups in total. The zero-order valence-corrected chi connectivity index (χ0v) is 10.9. The number of rotatable bonds is 5. The third kappa shape index (κ3) is 3.83. The van der Waals surface area contributed by atoms with Crippen LogP contribution in [0.4, 0.5) is 14.9 Å². The standard InChI is InChI=1S/C14H15FN2O3/c1-19-13(12-3-2-8-20-12)9-16-14(18)17-11-6-4-10(15)5-7-11/h2-8,13H,9H2,1H3,(H2,16,17,18). The average Bonchev–Trinajstić information content (AvgIpc) is 2.96. The van der Waals surface area contributed by atoms with Crippen LogP contribution in [-0.2, 0) is 4.74 Å². The molecule has 1 aromatic heterocycles. The zero-order valence-electron chi connectivity index (χ0n) is 10.9. The summed E-state index contributed by atoms with van der Waals surface area (Å²) in [5.41, 5.74) is 0.510. The van der Waals surface area contributed by atoms with E-state index in [4.69, 9.17) is 9.15 Å². The van der Waals surface area contributed by atoms with E-state index in [-0.39, 0.29) is 18.5 Å². The molecule has 5 nitrogen and oxygen atoms in total. The van der Waals surface area contributed by atoms with Crippen molar-refractivity contribution in [2.75, 3.05) is 19.0 Å². The van der Waals surface area contributed by atoms with E-state index in [0.29, 0.717) is 11.4 Å². The fraction of sp³-hybridized carbons (Fsp3) is 0.214. The maximum Gasteiger partial charge on any atom is 0.319 e. The van der Waals surface area contributed by atoms with E-state index in [9.17, 15) is 9.18 Å². The Labute approximate surface area is 115 Å². The van der Waals surface area contributed by atoms with Crippen LogP contribution in [0.25, 0.3) is 0 Å². The van der Waals surface area contributed by atoms with E-state index in [1.165, 1.54) is 31.4 Å². The summed E-state index contributed by atoms with van der Waals surface area (Å²) in [6.07, 6.45) is 1.18. The first-order valence-electron chi connectivity index (χ1n) is 6.05. The van der Waals surface area contributed by atoms with Crippen molar-refractivity contribution >= 4 is 11.7 Å². The molecule has 2 rings (SSSR count). The van der Waals surface area contributed by atoms with Gasteiger partial charge in [0, 0.05) is 12.8 Å². The Kier molecular flexibility index (Phi) is 4.73. The van der Waals surface area contributed by atoms with Gasteiger partial charge in [0.05, 0.1) is 12.8 Å². The molecule has 0 aliphatic carbocycles. The molecule has 0 aliphatic heterocycles. The van der Waals surface area contributed by atoms with Gasteiger partial charge in [-0.15, -0.1) is 0 Å². The van der Waals surface area contributed by atoms with E-state index in [0.717, 1.165) is 0 Å². The van der Waals surface area contributed by atoms with Gasteiger partial charge in [0.15, 0.2) is 0 Å². The van der Waals surface area contributed by atoms with E-state index in [2.05, 4.69) is 10.6 Å². The minimum Gasteiger partial charge on any atom is -0.467 e. The zero-order chi connectivity index (χ0) is 14.4. The number of carbonyl (C=O) groups is 1. The highest BCUT2D eigenvalue weighted by Gasteiger charge is 2.14. The number of halogens is 1. The van der Waals surface area contributed by atoms with Crippen LogP contribution in [-0.4, -0.2) is 19.7 Å². The normalized spacial score (nSPS) is 11.9. The lowest BCUT2D eigenvalue weighted by molar-refractivity contribution is 0.0855. The Morgan fingerprint density at radius 1 is 1.35 bits per heavy atom. The molecule has 1 unspecified atom stereocenters. The summed E-state index contributed by atoms with van der Waals surface area (Å²) in [5, 5.41) is 5.25. The van der Waals surface area contributed by atoms with Crippen LogP contribution in [0.3, 0.4) is 0 Å². The first-order valence-corrected chi connectivity index (χ1v) is 6.05. The molecular formula is C14H15FN2O3. The molecule has 1 aromatic carbocycles. The number of furan rings is 1. The minimum absolute atomic E-state index is 0.261. The van der Waals surface area contributed by atoms with E-state index < -0.39 is 6.03 Å². The van der Waals surface area contributed by atoms with Gasteiger partial charge < -0.3 is 19.8 Å². The fourth-order valence-electron chi connectivity index (χ4n) is 1.67. The molecule has 1 atom stereocenters. The van der Waals surface area contributed by atoms with Gasteiger partial charge in [0.2, 0.25) is 0 Å². The molecule has 0 aliphatic rings. The van der Waals surface area contributed by atoms with Crippen LogP contribution in [0, 0.1) is 5.82 Å². The highest BCUT2D eigenvalue weighted by atomic mass is 19.1. The van der Waals surface area contributed by atoms with Gasteiger partial charge in [-0.05, 0) is 36.4 Å². The highest BCUT2D eigenvalue weighted by Crippen LogP contribution is 2.15. The van der Waals surface area contributed by atoms with Crippen LogP contribution in [0.2, 0.25) is 0 Å². The maximum absolute atomic E-state index is 12.7. The van der Waals surface area contributed by atoms with E-state index in [1.807, 2.05) is 0 Å². The first kappa shape index (κ1) is 14.1. The summed E-state index contributed by atoms with van der Waals surface area (Å²) in [5.74, 6) is 0.280. The summed E-state index contributed by atoms with van der Waals surface area (Å²) in [6, 6.07) is 8.63. The van der Waals surface area contributed by atoms with Crippen molar-refractivity contribution < 1.29 is 18.3 Å². The monoisotopic (exact) mass is 278 g/mol. The number of benzene rings is 1. The predicted octanol–water partition coefficient (Wildman–Crippen LogP) is 2.93. The Hall–Kier alpha value is -2.34. The lowest BCUT2D eigenvalue weighted by Crippen LogP contribution is -2.32. The second-order valence-corrected chi connectivity index (χ2v) is 4.08. The van der Waals surface area contributed by atoms with E-state index >= 15 is 0 Å². The largest absolute Gasteiger partial charge is 0.467 e. The summed E-state index contributed by atoms with van der Waals surface area (Å²) < 4.78 is 23.2. The average molecular weight is 278 g/mol. The Morgan fingerprint density at radius 2 is 2.10 bits per heavy atom. The molecule has 0 bridgehead atoms. The van der Waals surface area contributed by atoms with Gasteiger partial charge in [-0.1, -0.05) is 0 Å². The molecule has 20 heavy (non-hydrogen) atoms. The second-order valence-electron chi connectivity index (χ2n) is 4.08. The Balaban J connectivity index is 1.84. The number of hydrogen-bond acceptors (Lipinski definition) is 3. The first-order chi connectivity index (χ1) is 9.69. The minimum atomic E-state index is -0.398. The number of hydrogen-bond donors (Lipinski definition) is 2. The van der Waals surface area contributed by atoms with Gasteiger partial charge >= 0.3 is 6.03 Å². The number of methoxy groups -OCH3 is 1. The topological polar surface area (TPSA) is 63.5 Å². The quantitative estimate of drug-likeness (QED) is 0.883. The number of anilines is 1. The number of amides is 2. The lowest BCUT2D eigenvalue weighted by atomic mass is 10.2. The molecule has 0 fully saturated rings. The van der Waals surface area contributed by atoms with Gasteiger partial charge in [-0.2, -0.15) is 0 Å². The van der Waals surface area contributed by atoms with Gasteiger partial charge in [-0.25, -0.2) is 9.18 Å². The van der Waals surface area contributed by atoms with Crippen molar-refractivity contribution in [3.63, 3.8) is 0 Å². The molecule has 2 aromatic rings. The predicted molar refractivity (Wildman–Crippen MR) is 71.9 cm³/mol. The molecule has 0 saturated carbocycles. The third-order valence-electron chi connectivity index (χ3n) is 2.70. The van der Waals surface area contributed by atoms with Crippen molar-refractivity contribution in [1.29, 1.82) is 0 Å². The fourth-order valence-corrected chi connectivity index (χ4v) is 1.67. The van der Waals surface area contributed by atoms with Crippen LogP contribution in [0.15, 0.2) is 47.1 Å². The molecule has 106 valence electrons. The van der Waals surface area contributed by atoms with Crippen LogP contribution >= 0.6 is 0 Å². The van der Waals surface area contributed by atoms with Crippen LogP contribution in [0.5, 0.6) is 0 Å². The van der Waals surface area contributed by atoms with Crippen molar-refractivity contribution in [1.82, 2.24) is 5.32 Å². The maximum atomic E-state index is 12.7.